The number of nitrogens with one attached hydrogen (secondary N) is 1. The maximum Gasteiger partial charge on any atom is 0.303 e. The van der Waals surface area contributed by atoms with Gasteiger partial charge in [-0.1, -0.05) is 30.1 Å². The van der Waals surface area contributed by atoms with E-state index in [1.807, 2.05) is 0 Å². The van der Waals surface area contributed by atoms with Gasteiger partial charge in [0.15, 0.2) is 0 Å². The van der Waals surface area contributed by atoms with Gasteiger partial charge in [-0.3, -0.25) is 14.4 Å². The zero-order chi connectivity index (χ0) is 18.6. The van der Waals surface area contributed by atoms with E-state index in [4.69, 9.17) is 28.3 Å². The minimum atomic E-state index is -0.904. The summed E-state index contributed by atoms with van der Waals surface area (Å²) in [4.78, 5) is 37.3. The first-order valence-corrected chi connectivity index (χ1v) is 8.80. The van der Waals surface area contributed by atoms with Crippen molar-refractivity contribution in [3.63, 3.8) is 0 Å². The van der Waals surface area contributed by atoms with Gasteiger partial charge in [-0.15, -0.1) is 0 Å². The van der Waals surface area contributed by atoms with Crippen molar-refractivity contribution in [3.05, 3.63) is 33.8 Å². The molecule has 1 aromatic carbocycles. The van der Waals surface area contributed by atoms with Crippen LogP contribution in [0.1, 0.15) is 36.5 Å². The largest absolute Gasteiger partial charge is 0.481 e. The van der Waals surface area contributed by atoms with E-state index >= 15 is 0 Å². The number of benzene rings is 1. The van der Waals surface area contributed by atoms with E-state index in [1.54, 1.807) is 19.1 Å². The highest BCUT2D eigenvalue weighted by molar-refractivity contribution is 6.42. The second-order valence-electron chi connectivity index (χ2n) is 6.23. The molecule has 2 N–H and O–H groups in total. The molecule has 0 saturated carbocycles. The first kappa shape index (κ1) is 19.5. The number of rotatable bonds is 6. The zero-order valence-electron chi connectivity index (χ0n) is 13.8. The van der Waals surface area contributed by atoms with Gasteiger partial charge in [-0.2, -0.15) is 0 Å². The van der Waals surface area contributed by atoms with Crippen LogP contribution in [0.5, 0.6) is 0 Å². The highest BCUT2D eigenvalue weighted by Crippen LogP contribution is 2.26. The van der Waals surface area contributed by atoms with Crippen LogP contribution in [0.15, 0.2) is 18.2 Å². The Bertz CT molecular complexity index is 681. The number of aliphatic carboxylic acids is 1. The molecule has 0 aliphatic carbocycles. The summed E-state index contributed by atoms with van der Waals surface area (Å²) in [6.45, 7) is 2.50. The van der Waals surface area contributed by atoms with Crippen LogP contribution in [-0.2, 0) is 9.59 Å². The van der Waals surface area contributed by atoms with Crippen molar-refractivity contribution in [3.8, 4) is 0 Å². The highest BCUT2D eigenvalue weighted by Gasteiger charge is 2.34. The van der Waals surface area contributed by atoms with Gasteiger partial charge >= 0.3 is 5.97 Å². The van der Waals surface area contributed by atoms with Crippen LogP contribution in [-0.4, -0.2) is 46.9 Å². The van der Waals surface area contributed by atoms with Gasteiger partial charge in [0, 0.05) is 25.1 Å². The normalized spacial score (nSPS) is 18.0. The van der Waals surface area contributed by atoms with Crippen LogP contribution >= 0.6 is 23.2 Å². The summed E-state index contributed by atoms with van der Waals surface area (Å²) in [5.74, 6) is -1.61. The molecule has 0 radical (unpaired) electrons. The Morgan fingerprint density at radius 2 is 2.04 bits per heavy atom. The van der Waals surface area contributed by atoms with Crippen LogP contribution < -0.4 is 5.32 Å². The van der Waals surface area contributed by atoms with E-state index in [2.05, 4.69) is 5.32 Å². The third-order valence-corrected chi connectivity index (χ3v) is 4.87. The van der Waals surface area contributed by atoms with Crippen molar-refractivity contribution >= 4 is 41.0 Å². The third-order valence-electron chi connectivity index (χ3n) is 4.13. The quantitative estimate of drug-likeness (QED) is 0.786. The molecule has 25 heavy (non-hydrogen) atoms. The summed E-state index contributed by atoms with van der Waals surface area (Å²) in [7, 11) is 0. The molecule has 6 nitrogen and oxygen atoms in total. The van der Waals surface area contributed by atoms with Crippen molar-refractivity contribution in [2.24, 2.45) is 5.92 Å². The maximum absolute atomic E-state index is 12.7. The van der Waals surface area contributed by atoms with Gasteiger partial charge in [0.05, 0.1) is 10.0 Å². The van der Waals surface area contributed by atoms with Crippen molar-refractivity contribution in [1.82, 2.24) is 10.2 Å². The lowest BCUT2D eigenvalue weighted by Crippen LogP contribution is -2.46. The van der Waals surface area contributed by atoms with Gasteiger partial charge in [0.2, 0.25) is 5.91 Å². The summed E-state index contributed by atoms with van der Waals surface area (Å²) in [6, 6.07) is 4.07. The lowest BCUT2D eigenvalue weighted by atomic mass is 10.1. The number of hydrogen-bond acceptors (Lipinski definition) is 3. The van der Waals surface area contributed by atoms with E-state index in [0.29, 0.717) is 23.6 Å². The number of nitrogens with zero attached hydrogens (tertiary/aromatic N) is 1. The fourth-order valence-corrected chi connectivity index (χ4v) is 3.14. The Labute approximate surface area is 156 Å². The van der Waals surface area contributed by atoms with Crippen LogP contribution in [0.3, 0.4) is 0 Å². The maximum atomic E-state index is 12.7. The predicted molar refractivity (Wildman–Crippen MR) is 94.9 cm³/mol. The molecule has 1 aliphatic heterocycles. The number of amides is 2. The van der Waals surface area contributed by atoms with Crippen LogP contribution in [0.2, 0.25) is 10.0 Å². The lowest BCUT2D eigenvalue weighted by molar-refractivity contribution is -0.138. The Kier molecular flexibility index (Phi) is 6.67. The Morgan fingerprint density at radius 1 is 1.32 bits per heavy atom. The van der Waals surface area contributed by atoms with Crippen LogP contribution in [0.4, 0.5) is 0 Å². The molecule has 8 heteroatoms. The standard InChI is InChI=1S/C17H20Cl2N2O4/c1-10(7-15(22)23)9-20-16(24)14-3-2-6-21(14)17(25)11-4-5-12(18)13(19)8-11/h4-5,8,10,14H,2-3,6-7,9H2,1H3,(H,20,24)(H,22,23). The summed E-state index contributed by atoms with van der Waals surface area (Å²) < 4.78 is 0. The molecule has 1 aliphatic rings. The molecule has 1 fully saturated rings. The van der Waals surface area contributed by atoms with Gasteiger partial charge in [0.1, 0.15) is 6.04 Å². The topological polar surface area (TPSA) is 86.7 Å². The molecule has 1 aromatic rings. The van der Waals surface area contributed by atoms with Gasteiger partial charge in [-0.05, 0) is 37.0 Å². The molecule has 0 spiro atoms. The fraction of sp³-hybridized carbons (Fsp3) is 0.471. The van der Waals surface area contributed by atoms with Crippen molar-refractivity contribution in [2.75, 3.05) is 13.1 Å². The Balaban J connectivity index is 2.01. The van der Waals surface area contributed by atoms with Crippen molar-refractivity contribution in [1.29, 1.82) is 0 Å². The number of carboxylic acid groups (broad SMARTS) is 1. The fourth-order valence-electron chi connectivity index (χ4n) is 2.84. The molecule has 1 heterocycles. The Hall–Kier alpha value is -1.79. The predicted octanol–water partition coefficient (Wildman–Crippen LogP) is 2.83. The van der Waals surface area contributed by atoms with E-state index in [1.165, 1.54) is 11.0 Å². The molecular weight excluding hydrogens is 367 g/mol. The number of carboxylic acids is 1. The monoisotopic (exact) mass is 386 g/mol. The molecule has 2 atom stereocenters. The van der Waals surface area contributed by atoms with Gasteiger partial charge < -0.3 is 15.3 Å². The van der Waals surface area contributed by atoms with E-state index < -0.39 is 12.0 Å². The zero-order valence-corrected chi connectivity index (χ0v) is 15.3. The molecule has 0 bridgehead atoms. The van der Waals surface area contributed by atoms with Gasteiger partial charge in [0.25, 0.3) is 5.91 Å². The summed E-state index contributed by atoms with van der Waals surface area (Å²) >= 11 is 11.8. The molecule has 1 saturated heterocycles. The highest BCUT2D eigenvalue weighted by atomic mass is 35.5. The van der Waals surface area contributed by atoms with E-state index in [9.17, 15) is 14.4 Å². The Morgan fingerprint density at radius 3 is 2.68 bits per heavy atom. The number of hydrogen-bond donors (Lipinski definition) is 2. The molecule has 2 unspecified atom stereocenters. The van der Waals surface area contributed by atoms with Gasteiger partial charge in [-0.25, -0.2) is 0 Å². The SMILES string of the molecule is CC(CNC(=O)C1CCCN1C(=O)c1ccc(Cl)c(Cl)c1)CC(=O)O. The minimum absolute atomic E-state index is 0.0170. The summed E-state index contributed by atoms with van der Waals surface area (Å²) in [6.07, 6.45) is 1.29. The number of carbonyl (C=O) groups excluding carboxylic acids is 2. The van der Waals surface area contributed by atoms with E-state index in [0.717, 1.165) is 6.42 Å². The van der Waals surface area contributed by atoms with Crippen molar-refractivity contribution in [2.45, 2.75) is 32.2 Å². The lowest BCUT2D eigenvalue weighted by Gasteiger charge is -2.24. The molecular formula is C17H20Cl2N2O4. The first-order valence-electron chi connectivity index (χ1n) is 8.05. The average molecular weight is 387 g/mol. The third kappa shape index (κ3) is 5.09. The molecule has 136 valence electrons. The van der Waals surface area contributed by atoms with Crippen molar-refractivity contribution < 1.29 is 19.5 Å². The summed E-state index contributed by atoms with van der Waals surface area (Å²) in [5, 5.41) is 12.2. The summed E-state index contributed by atoms with van der Waals surface area (Å²) in [5.41, 5.74) is 0.383. The van der Waals surface area contributed by atoms with E-state index in [-0.39, 0.29) is 35.7 Å². The molecule has 0 aromatic heterocycles. The molecule has 2 rings (SSSR count). The minimum Gasteiger partial charge on any atom is -0.481 e. The van der Waals surface area contributed by atoms with Crippen LogP contribution in [0, 0.1) is 5.92 Å². The second-order valence-corrected chi connectivity index (χ2v) is 7.05. The first-order chi connectivity index (χ1) is 11.8. The smallest absolute Gasteiger partial charge is 0.303 e. The average Bonchev–Trinajstić information content (AvgIpc) is 3.03. The number of carbonyl (C=O) groups is 3. The molecule has 2 amide bonds. The van der Waals surface area contributed by atoms with Crippen LogP contribution in [0.25, 0.3) is 0 Å². The second kappa shape index (κ2) is 8.54. The number of likely N-dealkylation sites (tertiary alicyclic amines) is 1. The number of halogens is 2.